The van der Waals surface area contributed by atoms with E-state index in [1.54, 1.807) is 0 Å². The van der Waals surface area contributed by atoms with Crippen LogP contribution in [-0.2, 0) is 13.1 Å². The minimum atomic E-state index is 0.940. The molecule has 0 bridgehead atoms. The fraction of sp³-hybridized carbons (Fsp3) is 0.769. The first-order valence-corrected chi connectivity index (χ1v) is 7.74. The molecule has 0 atom stereocenters. The van der Waals surface area contributed by atoms with Crippen molar-refractivity contribution in [2.75, 3.05) is 18.1 Å². The van der Waals surface area contributed by atoms with E-state index in [1.807, 2.05) is 18.0 Å². The normalized spacial score (nSPS) is 11.0. The van der Waals surface area contributed by atoms with Crippen LogP contribution < -0.4 is 5.32 Å². The van der Waals surface area contributed by atoms with Crippen molar-refractivity contribution in [1.82, 2.24) is 14.9 Å². The van der Waals surface area contributed by atoms with Gasteiger partial charge in [-0.15, -0.1) is 0 Å². The Morgan fingerprint density at radius 2 is 2.24 bits per heavy atom. The van der Waals surface area contributed by atoms with Crippen molar-refractivity contribution in [2.24, 2.45) is 0 Å². The van der Waals surface area contributed by atoms with Crippen LogP contribution in [0.5, 0.6) is 0 Å². The maximum Gasteiger partial charge on any atom is 0.105 e. The Morgan fingerprint density at radius 1 is 1.41 bits per heavy atom. The zero-order chi connectivity index (χ0) is 12.5. The van der Waals surface area contributed by atoms with E-state index in [4.69, 9.17) is 0 Å². The summed E-state index contributed by atoms with van der Waals surface area (Å²) in [7, 11) is 0. The molecule has 1 heterocycles. The molecule has 4 heteroatoms. The number of aromatic nitrogens is 2. The number of nitrogens with one attached hydrogen (secondary N) is 1. The molecule has 0 unspecified atom stereocenters. The summed E-state index contributed by atoms with van der Waals surface area (Å²) in [6, 6.07) is 0. The molecule has 0 radical (unpaired) electrons. The summed E-state index contributed by atoms with van der Waals surface area (Å²) >= 11 is 2.01. The number of hydrogen-bond donors (Lipinski definition) is 1. The summed E-state index contributed by atoms with van der Waals surface area (Å²) < 4.78 is 2.35. The van der Waals surface area contributed by atoms with Gasteiger partial charge >= 0.3 is 0 Å². The van der Waals surface area contributed by atoms with Crippen LogP contribution in [0.2, 0.25) is 0 Å². The van der Waals surface area contributed by atoms with Crippen molar-refractivity contribution in [3.8, 4) is 0 Å². The van der Waals surface area contributed by atoms with Gasteiger partial charge < -0.3 is 9.88 Å². The smallest absolute Gasteiger partial charge is 0.105 e. The largest absolute Gasteiger partial charge is 0.331 e. The molecular formula is C13H25N3S. The van der Waals surface area contributed by atoms with Crippen LogP contribution in [0.3, 0.4) is 0 Å². The molecule has 0 aliphatic carbocycles. The van der Waals surface area contributed by atoms with Crippen molar-refractivity contribution >= 4 is 11.8 Å². The Labute approximate surface area is 109 Å². The van der Waals surface area contributed by atoms with Crippen molar-refractivity contribution in [2.45, 2.75) is 46.7 Å². The van der Waals surface area contributed by atoms with Gasteiger partial charge in [-0.05, 0) is 37.8 Å². The van der Waals surface area contributed by atoms with Crippen LogP contribution in [0.1, 0.15) is 38.2 Å². The van der Waals surface area contributed by atoms with E-state index in [9.17, 15) is 0 Å². The molecular weight excluding hydrogens is 230 g/mol. The zero-order valence-corrected chi connectivity index (χ0v) is 12.1. The molecule has 1 aromatic heterocycles. The second kappa shape index (κ2) is 8.59. The number of imidazole rings is 1. The quantitative estimate of drug-likeness (QED) is 0.688. The lowest BCUT2D eigenvalue weighted by Crippen LogP contribution is -2.17. The van der Waals surface area contributed by atoms with Crippen LogP contribution in [0.4, 0.5) is 0 Å². The first-order chi connectivity index (χ1) is 8.29. The molecule has 17 heavy (non-hydrogen) atoms. The maximum absolute atomic E-state index is 4.41. The summed E-state index contributed by atoms with van der Waals surface area (Å²) in [5.74, 6) is 3.60. The van der Waals surface area contributed by atoms with E-state index in [1.165, 1.54) is 30.0 Å². The maximum atomic E-state index is 4.41. The highest BCUT2D eigenvalue weighted by molar-refractivity contribution is 7.99. The fourth-order valence-corrected chi connectivity index (χ4v) is 2.45. The SMILES string of the molecule is CCCNCc1cnc(C)n1CCCSCC. The van der Waals surface area contributed by atoms with Crippen LogP contribution in [-0.4, -0.2) is 27.6 Å². The molecule has 1 aromatic rings. The average molecular weight is 255 g/mol. The second-order valence-electron chi connectivity index (χ2n) is 4.18. The molecule has 0 spiro atoms. The van der Waals surface area contributed by atoms with Crippen LogP contribution in [0, 0.1) is 6.92 Å². The van der Waals surface area contributed by atoms with Gasteiger partial charge in [-0.1, -0.05) is 13.8 Å². The molecule has 3 nitrogen and oxygen atoms in total. The monoisotopic (exact) mass is 255 g/mol. The zero-order valence-electron chi connectivity index (χ0n) is 11.3. The molecule has 0 fully saturated rings. The van der Waals surface area contributed by atoms with Crippen molar-refractivity contribution in [3.05, 3.63) is 17.7 Å². The summed E-state index contributed by atoms with van der Waals surface area (Å²) in [6.07, 6.45) is 4.42. The average Bonchev–Trinajstić information content (AvgIpc) is 2.67. The number of hydrogen-bond acceptors (Lipinski definition) is 3. The molecule has 0 amide bonds. The lowest BCUT2D eigenvalue weighted by Gasteiger charge is -2.10. The van der Waals surface area contributed by atoms with E-state index in [0.717, 1.165) is 25.5 Å². The third-order valence-electron chi connectivity index (χ3n) is 2.75. The minimum absolute atomic E-state index is 0.940. The van der Waals surface area contributed by atoms with Crippen molar-refractivity contribution < 1.29 is 0 Å². The Hall–Kier alpha value is -0.480. The summed E-state index contributed by atoms with van der Waals surface area (Å²) in [6.45, 7) is 9.62. The summed E-state index contributed by atoms with van der Waals surface area (Å²) in [5, 5.41) is 3.44. The topological polar surface area (TPSA) is 29.9 Å². The van der Waals surface area contributed by atoms with E-state index < -0.39 is 0 Å². The minimum Gasteiger partial charge on any atom is -0.331 e. The van der Waals surface area contributed by atoms with Gasteiger partial charge in [0.2, 0.25) is 0 Å². The van der Waals surface area contributed by atoms with E-state index in [0.29, 0.717) is 0 Å². The molecule has 0 saturated heterocycles. The van der Waals surface area contributed by atoms with Gasteiger partial charge in [-0.25, -0.2) is 4.98 Å². The highest BCUT2D eigenvalue weighted by Gasteiger charge is 2.05. The Kier molecular flexibility index (Phi) is 7.37. The van der Waals surface area contributed by atoms with Crippen LogP contribution in [0.15, 0.2) is 6.20 Å². The first kappa shape index (κ1) is 14.6. The molecule has 0 aliphatic rings. The standard InChI is InChI=1S/C13H25N3S/c1-4-7-14-10-13-11-15-12(3)16(13)8-6-9-17-5-2/h11,14H,4-10H2,1-3H3. The number of nitrogens with zero attached hydrogens (tertiary/aromatic N) is 2. The number of thioether (sulfide) groups is 1. The molecule has 1 N–H and O–H groups in total. The van der Waals surface area contributed by atoms with Crippen LogP contribution >= 0.6 is 11.8 Å². The van der Waals surface area contributed by atoms with Gasteiger partial charge in [0.15, 0.2) is 0 Å². The van der Waals surface area contributed by atoms with Gasteiger partial charge in [0, 0.05) is 19.3 Å². The van der Waals surface area contributed by atoms with E-state index in [2.05, 4.69) is 35.6 Å². The van der Waals surface area contributed by atoms with Crippen molar-refractivity contribution in [3.63, 3.8) is 0 Å². The number of rotatable bonds is 9. The van der Waals surface area contributed by atoms with Gasteiger partial charge in [0.05, 0.1) is 5.69 Å². The van der Waals surface area contributed by atoms with Gasteiger partial charge in [0.25, 0.3) is 0 Å². The Balaban J connectivity index is 2.42. The molecule has 0 aromatic carbocycles. The third-order valence-corrected chi connectivity index (χ3v) is 3.73. The number of aryl methyl sites for hydroxylation is 1. The second-order valence-corrected chi connectivity index (χ2v) is 5.57. The summed E-state index contributed by atoms with van der Waals surface area (Å²) in [5.41, 5.74) is 1.32. The Bertz CT molecular complexity index is 310. The lowest BCUT2D eigenvalue weighted by atomic mass is 10.4. The molecule has 0 aliphatic heterocycles. The van der Waals surface area contributed by atoms with Gasteiger partial charge in [-0.3, -0.25) is 0 Å². The first-order valence-electron chi connectivity index (χ1n) is 6.59. The Morgan fingerprint density at radius 3 is 2.94 bits per heavy atom. The predicted molar refractivity (Wildman–Crippen MR) is 76.6 cm³/mol. The molecule has 98 valence electrons. The fourth-order valence-electron chi connectivity index (χ4n) is 1.82. The van der Waals surface area contributed by atoms with Crippen molar-refractivity contribution in [1.29, 1.82) is 0 Å². The molecule has 1 rings (SSSR count). The van der Waals surface area contributed by atoms with E-state index >= 15 is 0 Å². The lowest BCUT2D eigenvalue weighted by molar-refractivity contribution is 0.590. The van der Waals surface area contributed by atoms with Gasteiger partial charge in [-0.2, -0.15) is 11.8 Å². The summed E-state index contributed by atoms with van der Waals surface area (Å²) in [4.78, 5) is 4.41. The van der Waals surface area contributed by atoms with E-state index in [-0.39, 0.29) is 0 Å². The third kappa shape index (κ3) is 5.13. The highest BCUT2D eigenvalue weighted by Crippen LogP contribution is 2.08. The molecule has 0 saturated carbocycles. The van der Waals surface area contributed by atoms with Gasteiger partial charge in [0.1, 0.15) is 5.82 Å². The van der Waals surface area contributed by atoms with Crippen LogP contribution in [0.25, 0.3) is 0 Å². The predicted octanol–water partition coefficient (Wildman–Crippen LogP) is 2.83. The highest BCUT2D eigenvalue weighted by atomic mass is 32.2.